The second kappa shape index (κ2) is 16.5. The van der Waals surface area contributed by atoms with Crippen molar-refractivity contribution in [3.63, 3.8) is 0 Å². The van der Waals surface area contributed by atoms with E-state index in [9.17, 15) is 14.4 Å². The van der Waals surface area contributed by atoms with Crippen molar-refractivity contribution in [2.45, 2.75) is 109 Å². The Morgan fingerprint density at radius 3 is 2.00 bits per heavy atom. The van der Waals surface area contributed by atoms with Crippen LogP contribution in [0.1, 0.15) is 103 Å². The summed E-state index contributed by atoms with van der Waals surface area (Å²) in [7, 11) is 0. The maximum absolute atomic E-state index is 12.1. The molecule has 1 heterocycles. The minimum Gasteiger partial charge on any atom is -0.480 e. The lowest BCUT2D eigenvalue weighted by Crippen LogP contribution is -2.33. The van der Waals surface area contributed by atoms with E-state index in [1.54, 1.807) is 0 Å². The van der Waals surface area contributed by atoms with Gasteiger partial charge in [-0.15, -0.1) is 0 Å². The van der Waals surface area contributed by atoms with Gasteiger partial charge in [0.1, 0.15) is 12.4 Å². The molecule has 0 fully saturated rings. The van der Waals surface area contributed by atoms with Crippen LogP contribution < -0.4 is 11.1 Å². The Hall–Kier alpha value is -2.22. The maximum atomic E-state index is 12.1. The zero-order chi connectivity index (χ0) is 22.9. The molecule has 31 heavy (non-hydrogen) atoms. The van der Waals surface area contributed by atoms with Gasteiger partial charge in [-0.25, -0.2) is 9.78 Å². The van der Waals surface area contributed by atoms with Crippen LogP contribution in [0.4, 0.5) is 4.79 Å². The van der Waals surface area contributed by atoms with Crippen molar-refractivity contribution < 1.29 is 19.5 Å². The van der Waals surface area contributed by atoms with Crippen molar-refractivity contribution in [2.24, 2.45) is 5.73 Å². The number of nitrogens with one attached hydrogen (secondary N) is 1. The third-order valence-electron chi connectivity index (χ3n) is 5.37. The lowest BCUT2D eigenvalue weighted by Gasteiger charge is -2.05. The van der Waals surface area contributed by atoms with Crippen LogP contribution in [-0.2, 0) is 16.0 Å². The normalized spacial score (nSPS) is 11.9. The molecule has 8 heteroatoms. The summed E-state index contributed by atoms with van der Waals surface area (Å²) in [6.45, 7) is 2.24. The number of hydrogen-bond acceptors (Lipinski definition) is 5. The number of carbonyl (C=O) groups excluding carboxylic acids is 2. The number of aliphatic carboxylic acids is 1. The van der Waals surface area contributed by atoms with Crippen LogP contribution in [0.5, 0.6) is 0 Å². The van der Waals surface area contributed by atoms with Gasteiger partial charge in [0.25, 0.3) is 0 Å². The molecular formula is C23H40N4O4. The molecule has 0 saturated heterocycles. The molecule has 0 spiro atoms. The predicted molar refractivity (Wildman–Crippen MR) is 121 cm³/mol. The van der Waals surface area contributed by atoms with Crippen LogP contribution in [-0.4, -0.2) is 38.6 Å². The smallest absolute Gasteiger partial charge is 0.333 e. The number of imide groups is 1. The minimum atomic E-state index is -1.13. The van der Waals surface area contributed by atoms with Crippen LogP contribution in [0.25, 0.3) is 0 Å². The fourth-order valence-electron chi connectivity index (χ4n) is 3.44. The summed E-state index contributed by atoms with van der Waals surface area (Å²) in [5.74, 6) is -1.45. The molecule has 8 nitrogen and oxygen atoms in total. The highest BCUT2D eigenvalue weighted by molar-refractivity contribution is 5.95. The summed E-state index contributed by atoms with van der Waals surface area (Å²) < 4.78 is 1.13. The number of amides is 2. The Bertz CT molecular complexity index is 660. The van der Waals surface area contributed by atoms with E-state index < -0.39 is 18.0 Å². The third kappa shape index (κ3) is 12.9. The highest BCUT2D eigenvalue weighted by atomic mass is 16.4. The maximum Gasteiger partial charge on any atom is 0.333 e. The molecule has 0 aromatic carbocycles. The quantitative estimate of drug-likeness (QED) is 0.311. The number of nitrogens with two attached hydrogens (primary N) is 1. The van der Waals surface area contributed by atoms with E-state index in [1.807, 2.05) is 0 Å². The number of hydrogen-bond donors (Lipinski definition) is 3. The molecule has 1 aromatic rings. The highest BCUT2D eigenvalue weighted by Gasteiger charge is 2.16. The zero-order valence-corrected chi connectivity index (χ0v) is 19.0. The number of carboxylic acid groups (broad SMARTS) is 1. The van der Waals surface area contributed by atoms with Crippen LogP contribution >= 0.6 is 0 Å². The molecule has 0 aliphatic carbocycles. The molecule has 2 amide bonds. The number of aromatic nitrogens is 2. The molecule has 4 N–H and O–H groups in total. The van der Waals surface area contributed by atoms with Crippen LogP contribution in [0.15, 0.2) is 12.5 Å². The van der Waals surface area contributed by atoms with Crippen molar-refractivity contribution in [1.82, 2.24) is 14.9 Å². The highest BCUT2D eigenvalue weighted by Crippen LogP contribution is 2.13. The van der Waals surface area contributed by atoms with Gasteiger partial charge in [-0.2, -0.15) is 0 Å². The number of unbranched alkanes of at least 4 members (excludes halogenated alkanes) is 12. The SMILES string of the molecule is CCCCCCCCCCCCCCCC(=O)NC(=O)n1cnc(C[C@H](N)C(=O)O)c1. The van der Waals surface area contributed by atoms with Crippen molar-refractivity contribution in [1.29, 1.82) is 0 Å². The molecule has 0 saturated carbocycles. The van der Waals surface area contributed by atoms with Gasteiger partial charge in [-0.3, -0.25) is 19.5 Å². The lowest BCUT2D eigenvalue weighted by atomic mass is 10.0. The number of nitrogens with zero attached hydrogens (tertiary/aromatic N) is 2. The van der Waals surface area contributed by atoms with Crippen molar-refractivity contribution in [2.75, 3.05) is 0 Å². The molecule has 1 aromatic heterocycles. The molecule has 0 aliphatic heterocycles. The first-order chi connectivity index (χ1) is 14.9. The number of carbonyl (C=O) groups is 3. The monoisotopic (exact) mass is 436 g/mol. The summed E-state index contributed by atoms with van der Waals surface area (Å²) in [6.07, 6.45) is 19.0. The summed E-state index contributed by atoms with van der Waals surface area (Å²) in [5, 5.41) is 11.1. The van der Waals surface area contributed by atoms with Crippen molar-refractivity contribution >= 4 is 17.9 Å². The van der Waals surface area contributed by atoms with E-state index in [4.69, 9.17) is 10.8 Å². The molecule has 0 radical (unpaired) electrons. The zero-order valence-electron chi connectivity index (χ0n) is 19.0. The summed E-state index contributed by atoms with van der Waals surface area (Å²) in [5.41, 5.74) is 5.83. The lowest BCUT2D eigenvalue weighted by molar-refractivity contribution is -0.138. The van der Waals surface area contributed by atoms with Crippen LogP contribution in [0, 0.1) is 0 Å². The van der Waals surface area contributed by atoms with Gasteiger partial charge >= 0.3 is 12.0 Å². The fourth-order valence-corrected chi connectivity index (χ4v) is 3.44. The molecular weight excluding hydrogens is 396 g/mol. The molecule has 1 atom stereocenters. The van der Waals surface area contributed by atoms with E-state index >= 15 is 0 Å². The summed E-state index contributed by atoms with van der Waals surface area (Å²) >= 11 is 0. The molecule has 0 unspecified atom stereocenters. The van der Waals surface area contributed by atoms with Gasteiger partial charge in [-0.05, 0) is 6.42 Å². The minimum absolute atomic E-state index is 0.0164. The Balaban J connectivity index is 2.04. The molecule has 1 rings (SSSR count). The Morgan fingerprint density at radius 2 is 1.48 bits per heavy atom. The van der Waals surface area contributed by atoms with Crippen LogP contribution in [0.3, 0.4) is 0 Å². The standard InChI is InChI=1S/C23H40N4O4/c1-2-3-4-5-6-7-8-9-10-11-12-13-14-15-21(28)26-23(31)27-17-19(25-18-27)16-20(24)22(29)30/h17-18,20H,2-16,24H2,1H3,(H,29,30)(H,26,28,31)/t20-/m0/s1. The van der Waals surface area contributed by atoms with Gasteiger partial charge in [0, 0.05) is 19.0 Å². The number of imidazole rings is 1. The van der Waals surface area contributed by atoms with Gasteiger partial charge in [0.05, 0.1) is 5.69 Å². The van der Waals surface area contributed by atoms with E-state index in [-0.39, 0.29) is 12.3 Å². The first-order valence-corrected chi connectivity index (χ1v) is 11.8. The molecule has 0 aliphatic rings. The first-order valence-electron chi connectivity index (χ1n) is 11.8. The predicted octanol–water partition coefficient (Wildman–Crippen LogP) is 4.40. The van der Waals surface area contributed by atoms with Gasteiger partial charge in [0.2, 0.25) is 5.91 Å². The second-order valence-electron chi connectivity index (χ2n) is 8.27. The van der Waals surface area contributed by atoms with Gasteiger partial charge < -0.3 is 10.8 Å². The van der Waals surface area contributed by atoms with Crippen molar-refractivity contribution in [3.05, 3.63) is 18.2 Å². The average molecular weight is 437 g/mol. The molecule has 0 bridgehead atoms. The Morgan fingerprint density at radius 1 is 0.968 bits per heavy atom. The molecule has 176 valence electrons. The van der Waals surface area contributed by atoms with Gasteiger partial charge in [-0.1, -0.05) is 84.0 Å². The van der Waals surface area contributed by atoms with E-state index in [0.717, 1.165) is 23.8 Å². The topological polar surface area (TPSA) is 127 Å². The number of carboxylic acids is 1. The number of rotatable bonds is 17. The third-order valence-corrected chi connectivity index (χ3v) is 5.37. The fraction of sp³-hybridized carbons (Fsp3) is 0.739. The van der Waals surface area contributed by atoms with Crippen LogP contribution in [0.2, 0.25) is 0 Å². The van der Waals surface area contributed by atoms with E-state index in [1.165, 1.54) is 76.7 Å². The summed E-state index contributed by atoms with van der Waals surface area (Å²) in [6, 6.07) is -1.68. The first kappa shape index (κ1) is 26.8. The largest absolute Gasteiger partial charge is 0.480 e. The Kier molecular flexibility index (Phi) is 14.2. The van der Waals surface area contributed by atoms with Crippen molar-refractivity contribution in [3.8, 4) is 0 Å². The van der Waals surface area contributed by atoms with E-state index in [0.29, 0.717) is 12.1 Å². The Labute approximate surface area is 186 Å². The van der Waals surface area contributed by atoms with E-state index in [2.05, 4.69) is 17.2 Å². The second-order valence-corrected chi connectivity index (χ2v) is 8.27. The average Bonchev–Trinajstić information content (AvgIpc) is 3.20. The van der Waals surface area contributed by atoms with Gasteiger partial charge in [0.15, 0.2) is 0 Å². The summed E-state index contributed by atoms with van der Waals surface area (Å²) in [4.78, 5) is 38.7.